The fourth-order valence-electron chi connectivity index (χ4n) is 2.05. The number of ether oxygens (including phenoxy) is 1. The van der Waals surface area contributed by atoms with E-state index in [2.05, 4.69) is 4.98 Å². The minimum Gasteiger partial charge on any atom is -0.479 e. The third-order valence-electron chi connectivity index (χ3n) is 3.04. The average molecular weight is 264 g/mol. The summed E-state index contributed by atoms with van der Waals surface area (Å²) in [6, 6.07) is 1.36. The summed E-state index contributed by atoms with van der Waals surface area (Å²) in [6.07, 6.45) is 4.05. The molecule has 1 atom stereocenters. The quantitative estimate of drug-likeness (QED) is 0.883. The summed E-state index contributed by atoms with van der Waals surface area (Å²) in [6.45, 7) is 3.19. The third kappa shape index (κ3) is 3.21. The first kappa shape index (κ1) is 13.3. The lowest BCUT2D eigenvalue weighted by Crippen LogP contribution is -2.38. The van der Waals surface area contributed by atoms with Crippen molar-refractivity contribution in [3.05, 3.63) is 24.0 Å². The Morgan fingerprint density at radius 3 is 2.68 bits per heavy atom. The molecule has 0 aliphatic carbocycles. The molecule has 1 aliphatic rings. The molecule has 0 radical (unpaired) electrons. The van der Waals surface area contributed by atoms with Gasteiger partial charge in [0, 0.05) is 19.3 Å². The summed E-state index contributed by atoms with van der Waals surface area (Å²) < 4.78 is 5.46. The van der Waals surface area contributed by atoms with Crippen LogP contribution in [0.3, 0.4) is 0 Å². The van der Waals surface area contributed by atoms with Crippen LogP contribution in [0.1, 0.15) is 30.1 Å². The molecule has 1 amide bonds. The van der Waals surface area contributed by atoms with Crippen molar-refractivity contribution < 1.29 is 19.4 Å². The van der Waals surface area contributed by atoms with Crippen LogP contribution in [0.15, 0.2) is 18.5 Å². The fraction of sp³-hybridized carbons (Fsp3) is 0.462. The second-order valence-electron chi connectivity index (χ2n) is 4.51. The Morgan fingerprint density at radius 1 is 1.37 bits per heavy atom. The molecular formula is C13H16N2O4. The number of hydrogen-bond donors (Lipinski definition) is 1. The molecule has 1 fully saturated rings. The zero-order chi connectivity index (χ0) is 13.8. The van der Waals surface area contributed by atoms with Crippen LogP contribution in [-0.2, 0) is 4.79 Å². The molecule has 0 bridgehead atoms. The summed E-state index contributed by atoms with van der Waals surface area (Å²) in [5, 5.41) is 8.85. The van der Waals surface area contributed by atoms with Crippen LogP contribution in [0, 0.1) is 0 Å². The Bertz CT molecular complexity index is 483. The normalized spacial score (nSPS) is 16.2. The Morgan fingerprint density at radius 2 is 2.05 bits per heavy atom. The topological polar surface area (TPSA) is 79.7 Å². The van der Waals surface area contributed by atoms with Crippen molar-refractivity contribution in [2.75, 3.05) is 13.1 Å². The van der Waals surface area contributed by atoms with Gasteiger partial charge < -0.3 is 14.7 Å². The van der Waals surface area contributed by atoms with Crippen molar-refractivity contribution in [3.63, 3.8) is 0 Å². The van der Waals surface area contributed by atoms with Crippen LogP contribution in [0.4, 0.5) is 0 Å². The molecule has 2 rings (SSSR count). The molecule has 19 heavy (non-hydrogen) atoms. The third-order valence-corrected chi connectivity index (χ3v) is 3.04. The van der Waals surface area contributed by atoms with Crippen LogP contribution >= 0.6 is 0 Å². The van der Waals surface area contributed by atoms with Gasteiger partial charge in [-0.1, -0.05) is 0 Å². The van der Waals surface area contributed by atoms with E-state index >= 15 is 0 Å². The highest BCUT2D eigenvalue weighted by atomic mass is 16.5. The Kier molecular flexibility index (Phi) is 3.99. The lowest BCUT2D eigenvalue weighted by atomic mass is 10.3. The highest BCUT2D eigenvalue weighted by Crippen LogP contribution is 2.16. The SMILES string of the molecule is CC(Oc1cncc(C(=O)O)c1)C(=O)N1CCCC1. The van der Waals surface area contributed by atoms with E-state index < -0.39 is 12.1 Å². The lowest BCUT2D eigenvalue weighted by molar-refractivity contribution is -0.136. The first-order chi connectivity index (χ1) is 9.08. The molecule has 0 aromatic carbocycles. The van der Waals surface area contributed by atoms with Gasteiger partial charge in [-0.25, -0.2) is 4.79 Å². The number of carboxylic acid groups (broad SMARTS) is 1. The predicted molar refractivity (Wildman–Crippen MR) is 67.1 cm³/mol. The number of amides is 1. The van der Waals surface area contributed by atoms with Crippen molar-refractivity contribution >= 4 is 11.9 Å². The summed E-state index contributed by atoms with van der Waals surface area (Å²) in [5.41, 5.74) is 0.0401. The number of carbonyl (C=O) groups excluding carboxylic acids is 1. The van der Waals surface area contributed by atoms with Crippen LogP contribution in [0.5, 0.6) is 5.75 Å². The minimum atomic E-state index is -1.07. The van der Waals surface area contributed by atoms with Gasteiger partial charge in [0.05, 0.1) is 11.8 Å². The van der Waals surface area contributed by atoms with Gasteiger partial charge in [0.1, 0.15) is 5.75 Å². The molecule has 1 aliphatic heterocycles. The standard InChI is InChI=1S/C13H16N2O4/c1-9(12(16)15-4-2-3-5-15)19-11-6-10(13(17)18)7-14-8-11/h6-9H,2-5H2,1H3,(H,17,18). The fourth-order valence-corrected chi connectivity index (χ4v) is 2.05. The van der Waals surface area contributed by atoms with Gasteiger partial charge in [-0.05, 0) is 25.8 Å². The number of carboxylic acids is 1. The molecule has 0 spiro atoms. The Labute approximate surface area is 111 Å². The van der Waals surface area contributed by atoms with Crippen molar-refractivity contribution in [2.24, 2.45) is 0 Å². The average Bonchev–Trinajstić information content (AvgIpc) is 2.92. The summed E-state index contributed by atoms with van der Waals surface area (Å²) in [5.74, 6) is -0.852. The molecule has 102 valence electrons. The second-order valence-corrected chi connectivity index (χ2v) is 4.51. The molecule has 1 unspecified atom stereocenters. The molecule has 1 saturated heterocycles. The lowest BCUT2D eigenvalue weighted by Gasteiger charge is -2.21. The maximum absolute atomic E-state index is 12.0. The van der Waals surface area contributed by atoms with E-state index in [-0.39, 0.29) is 11.5 Å². The van der Waals surface area contributed by atoms with Crippen molar-refractivity contribution in [2.45, 2.75) is 25.9 Å². The van der Waals surface area contributed by atoms with E-state index in [0.717, 1.165) is 25.9 Å². The van der Waals surface area contributed by atoms with E-state index in [1.54, 1.807) is 11.8 Å². The van der Waals surface area contributed by atoms with Crippen LogP contribution < -0.4 is 4.74 Å². The summed E-state index contributed by atoms with van der Waals surface area (Å²) >= 11 is 0. The van der Waals surface area contributed by atoms with E-state index in [1.807, 2.05) is 0 Å². The summed E-state index contributed by atoms with van der Waals surface area (Å²) in [7, 11) is 0. The van der Waals surface area contributed by atoms with Crippen molar-refractivity contribution in [3.8, 4) is 5.75 Å². The minimum absolute atomic E-state index is 0.0401. The number of carbonyl (C=O) groups is 2. The number of likely N-dealkylation sites (tertiary alicyclic amines) is 1. The van der Waals surface area contributed by atoms with Gasteiger partial charge in [0.25, 0.3) is 5.91 Å². The molecule has 6 nitrogen and oxygen atoms in total. The van der Waals surface area contributed by atoms with Gasteiger partial charge in [0.15, 0.2) is 6.10 Å². The van der Waals surface area contributed by atoms with E-state index in [9.17, 15) is 9.59 Å². The second kappa shape index (κ2) is 5.69. The Balaban J connectivity index is 2.01. The molecule has 1 aromatic rings. The van der Waals surface area contributed by atoms with Crippen molar-refractivity contribution in [1.29, 1.82) is 0 Å². The largest absolute Gasteiger partial charge is 0.479 e. The maximum atomic E-state index is 12.0. The monoisotopic (exact) mass is 264 g/mol. The number of hydrogen-bond acceptors (Lipinski definition) is 4. The zero-order valence-electron chi connectivity index (χ0n) is 10.7. The van der Waals surface area contributed by atoms with Gasteiger partial charge in [-0.15, -0.1) is 0 Å². The molecule has 6 heteroatoms. The van der Waals surface area contributed by atoms with Crippen LogP contribution in [-0.4, -0.2) is 46.1 Å². The molecular weight excluding hydrogens is 248 g/mol. The number of pyridine rings is 1. The van der Waals surface area contributed by atoms with Crippen LogP contribution in [0.2, 0.25) is 0 Å². The molecule has 1 aromatic heterocycles. The zero-order valence-corrected chi connectivity index (χ0v) is 10.7. The first-order valence-electron chi connectivity index (χ1n) is 6.21. The van der Waals surface area contributed by atoms with E-state index in [1.165, 1.54) is 18.5 Å². The van der Waals surface area contributed by atoms with Crippen LogP contribution in [0.25, 0.3) is 0 Å². The predicted octanol–water partition coefficient (Wildman–Crippen LogP) is 1.17. The maximum Gasteiger partial charge on any atom is 0.337 e. The molecule has 2 heterocycles. The van der Waals surface area contributed by atoms with Gasteiger partial charge >= 0.3 is 5.97 Å². The highest BCUT2D eigenvalue weighted by molar-refractivity contribution is 5.87. The molecule has 1 N–H and O–H groups in total. The van der Waals surface area contributed by atoms with Gasteiger partial charge in [-0.3, -0.25) is 9.78 Å². The number of aromatic carboxylic acids is 1. The summed E-state index contributed by atoms with van der Waals surface area (Å²) in [4.78, 5) is 28.4. The van der Waals surface area contributed by atoms with E-state index in [4.69, 9.17) is 9.84 Å². The van der Waals surface area contributed by atoms with Crippen molar-refractivity contribution in [1.82, 2.24) is 9.88 Å². The van der Waals surface area contributed by atoms with E-state index in [0.29, 0.717) is 5.75 Å². The molecule has 0 saturated carbocycles. The number of aromatic nitrogens is 1. The van der Waals surface area contributed by atoms with Gasteiger partial charge in [-0.2, -0.15) is 0 Å². The Hall–Kier alpha value is -2.11. The highest BCUT2D eigenvalue weighted by Gasteiger charge is 2.24. The smallest absolute Gasteiger partial charge is 0.337 e. The first-order valence-corrected chi connectivity index (χ1v) is 6.21. The number of nitrogens with zero attached hydrogens (tertiary/aromatic N) is 2. The van der Waals surface area contributed by atoms with Gasteiger partial charge in [0.2, 0.25) is 0 Å². The number of rotatable bonds is 4.